The SMILES string of the molecule is COc1ccc(C)cc1Cn1c(=O)[nH]c2cnc(NC[C@@H]3CCNC3)nc21. The zero-order valence-corrected chi connectivity index (χ0v) is 15.6. The van der Waals surface area contributed by atoms with Crippen molar-refractivity contribution in [2.24, 2.45) is 5.92 Å². The molecule has 1 atom stereocenters. The first kappa shape index (κ1) is 17.5. The predicted molar refractivity (Wildman–Crippen MR) is 104 cm³/mol. The Labute approximate surface area is 157 Å². The number of rotatable bonds is 6. The molecule has 0 bridgehead atoms. The van der Waals surface area contributed by atoms with Gasteiger partial charge in [-0.05, 0) is 38.4 Å². The van der Waals surface area contributed by atoms with Gasteiger partial charge in [-0.25, -0.2) is 9.78 Å². The number of benzene rings is 1. The van der Waals surface area contributed by atoms with Crippen LogP contribution in [0.2, 0.25) is 0 Å². The maximum atomic E-state index is 12.5. The fourth-order valence-corrected chi connectivity index (χ4v) is 3.50. The third-order valence-corrected chi connectivity index (χ3v) is 4.99. The van der Waals surface area contributed by atoms with Crippen molar-refractivity contribution >= 4 is 17.1 Å². The monoisotopic (exact) mass is 368 g/mol. The molecule has 0 saturated carbocycles. The molecule has 0 unspecified atom stereocenters. The van der Waals surface area contributed by atoms with Gasteiger partial charge < -0.3 is 20.4 Å². The quantitative estimate of drug-likeness (QED) is 0.610. The average molecular weight is 368 g/mol. The summed E-state index contributed by atoms with van der Waals surface area (Å²) in [6.07, 6.45) is 2.81. The molecule has 27 heavy (non-hydrogen) atoms. The van der Waals surface area contributed by atoms with E-state index in [1.54, 1.807) is 17.9 Å². The van der Waals surface area contributed by atoms with Crippen LogP contribution >= 0.6 is 0 Å². The number of nitrogens with one attached hydrogen (secondary N) is 3. The second-order valence-corrected chi connectivity index (χ2v) is 7.00. The zero-order chi connectivity index (χ0) is 18.8. The minimum Gasteiger partial charge on any atom is -0.496 e. The minimum atomic E-state index is -0.208. The highest BCUT2D eigenvalue weighted by molar-refractivity contribution is 5.71. The van der Waals surface area contributed by atoms with E-state index in [1.807, 2.05) is 25.1 Å². The summed E-state index contributed by atoms with van der Waals surface area (Å²) in [5.74, 6) is 1.87. The predicted octanol–water partition coefficient (Wildman–Crippen LogP) is 1.51. The molecule has 1 aliphatic rings. The van der Waals surface area contributed by atoms with E-state index in [1.165, 1.54) is 0 Å². The van der Waals surface area contributed by atoms with Crippen LogP contribution in [0.15, 0.2) is 29.2 Å². The number of imidazole rings is 1. The molecule has 2 aromatic heterocycles. The number of nitrogens with zero attached hydrogens (tertiary/aromatic N) is 3. The molecular formula is C19H24N6O2. The highest BCUT2D eigenvalue weighted by Crippen LogP contribution is 2.21. The van der Waals surface area contributed by atoms with Gasteiger partial charge in [-0.2, -0.15) is 4.98 Å². The van der Waals surface area contributed by atoms with Gasteiger partial charge in [0.05, 0.1) is 19.9 Å². The molecular weight excluding hydrogens is 344 g/mol. The van der Waals surface area contributed by atoms with Crippen LogP contribution < -0.4 is 21.1 Å². The van der Waals surface area contributed by atoms with E-state index in [0.717, 1.165) is 42.9 Å². The van der Waals surface area contributed by atoms with Crippen LogP contribution in [0.1, 0.15) is 17.5 Å². The topological polar surface area (TPSA) is 96.9 Å². The van der Waals surface area contributed by atoms with Crippen LogP contribution in [-0.2, 0) is 6.54 Å². The second kappa shape index (κ2) is 7.40. The van der Waals surface area contributed by atoms with Crippen LogP contribution in [0.25, 0.3) is 11.2 Å². The van der Waals surface area contributed by atoms with Crippen LogP contribution in [0.5, 0.6) is 5.75 Å². The fraction of sp³-hybridized carbons (Fsp3) is 0.421. The van der Waals surface area contributed by atoms with E-state index in [0.29, 0.717) is 29.6 Å². The Bertz CT molecular complexity index is 1000. The van der Waals surface area contributed by atoms with Crippen molar-refractivity contribution in [2.75, 3.05) is 32.1 Å². The fourth-order valence-electron chi connectivity index (χ4n) is 3.50. The third kappa shape index (κ3) is 3.66. The Kier molecular flexibility index (Phi) is 4.81. The van der Waals surface area contributed by atoms with Crippen LogP contribution in [0, 0.1) is 12.8 Å². The average Bonchev–Trinajstić information content (AvgIpc) is 3.28. The molecule has 8 heteroatoms. The van der Waals surface area contributed by atoms with Gasteiger partial charge >= 0.3 is 5.69 Å². The number of hydrogen-bond donors (Lipinski definition) is 3. The maximum absolute atomic E-state index is 12.5. The van der Waals surface area contributed by atoms with Gasteiger partial charge in [-0.1, -0.05) is 17.7 Å². The number of ether oxygens (including phenoxy) is 1. The highest BCUT2D eigenvalue weighted by atomic mass is 16.5. The molecule has 4 rings (SSSR count). The number of anilines is 1. The molecule has 3 heterocycles. The zero-order valence-electron chi connectivity index (χ0n) is 15.6. The molecule has 8 nitrogen and oxygen atoms in total. The van der Waals surface area contributed by atoms with Crippen molar-refractivity contribution < 1.29 is 4.74 Å². The summed E-state index contributed by atoms with van der Waals surface area (Å²) in [7, 11) is 1.63. The lowest BCUT2D eigenvalue weighted by Crippen LogP contribution is -2.19. The van der Waals surface area contributed by atoms with E-state index >= 15 is 0 Å². The normalized spacial score (nSPS) is 16.7. The molecule has 1 saturated heterocycles. The number of methoxy groups -OCH3 is 1. The summed E-state index contributed by atoms with van der Waals surface area (Å²) in [5, 5.41) is 6.64. The summed E-state index contributed by atoms with van der Waals surface area (Å²) < 4.78 is 7.07. The third-order valence-electron chi connectivity index (χ3n) is 4.99. The molecule has 1 aromatic carbocycles. The standard InChI is InChI=1S/C19H24N6O2/c1-12-3-4-16(27-2)14(7-12)11-25-17-15(23-19(25)26)10-22-18(24-17)21-9-13-5-6-20-8-13/h3-4,7,10,13,20H,5-6,8-9,11H2,1-2H3,(H,23,26)(H,21,22,24)/t13-/m1/s1. The van der Waals surface area contributed by atoms with Crippen LogP contribution in [0.3, 0.4) is 0 Å². The molecule has 1 aliphatic heterocycles. The molecule has 142 valence electrons. The number of aromatic amines is 1. The molecule has 0 radical (unpaired) electrons. The van der Waals surface area contributed by atoms with Crippen molar-refractivity contribution in [1.82, 2.24) is 24.8 Å². The van der Waals surface area contributed by atoms with Crippen LogP contribution in [-0.4, -0.2) is 46.3 Å². The van der Waals surface area contributed by atoms with Gasteiger partial charge in [0.1, 0.15) is 11.3 Å². The number of hydrogen-bond acceptors (Lipinski definition) is 6. The molecule has 3 N–H and O–H groups in total. The summed E-state index contributed by atoms with van der Waals surface area (Å²) >= 11 is 0. The van der Waals surface area contributed by atoms with Gasteiger partial charge in [0.25, 0.3) is 0 Å². The molecule has 0 spiro atoms. The van der Waals surface area contributed by atoms with Gasteiger partial charge in [-0.3, -0.25) is 4.57 Å². The Balaban J connectivity index is 1.63. The second-order valence-electron chi connectivity index (χ2n) is 7.00. The van der Waals surface area contributed by atoms with Crippen LogP contribution in [0.4, 0.5) is 5.95 Å². The first-order chi connectivity index (χ1) is 13.1. The lowest BCUT2D eigenvalue weighted by Gasteiger charge is -2.11. The summed E-state index contributed by atoms with van der Waals surface area (Å²) in [5.41, 5.74) is 3.05. The highest BCUT2D eigenvalue weighted by Gasteiger charge is 2.16. The van der Waals surface area contributed by atoms with Crippen molar-refractivity contribution in [3.05, 3.63) is 46.0 Å². The molecule has 1 fully saturated rings. The van der Waals surface area contributed by atoms with Crippen molar-refractivity contribution in [1.29, 1.82) is 0 Å². The Morgan fingerprint density at radius 1 is 1.41 bits per heavy atom. The van der Waals surface area contributed by atoms with E-state index in [-0.39, 0.29) is 5.69 Å². The maximum Gasteiger partial charge on any atom is 0.328 e. The van der Waals surface area contributed by atoms with E-state index in [4.69, 9.17) is 4.74 Å². The van der Waals surface area contributed by atoms with E-state index in [9.17, 15) is 4.79 Å². The summed E-state index contributed by atoms with van der Waals surface area (Å²) in [4.78, 5) is 24.2. The van der Waals surface area contributed by atoms with Gasteiger partial charge in [0, 0.05) is 12.1 Å². The van der Waals surface area contributed by atoms with Gasteiger partial charge in [0.15, 0.2) is 5.65 Å². The number of aryl methyl sites for hydroxylation is 1. The molecule has 3 aromatic rings. The van der Waals surface area contributed by atoms with E-state index < -0.39 is 0 Å². The van der Waals surface area contributed by atoms with Gasteiger partial charge in [-0.15, -0.1) is 0 Å². The lowest BCUT2D eigenvalue weighted by molar-refractivity contribution is 0.408. The molecule has 0 amide bonds. The Morgan fingerprint density at radius 3 is 3.07 bits per heavy atom. The first-order valence-corrected chi connectivity index (χ1v) is 9.17. The number of aromatic nitrogens is 4. The molecule has 0 aliphatic carbocycles. The smallest absolute Gasteiger partial charge is 0.328 e. The Hall–Kier alpha value is -2.87. The summed E-state index contributed by atoms with van der Waals surface area (Å²) in [6.45, 7) is 5.29. The van der Waals surface area contributed by atoms with Crippen molar-refractivity contribution in [3.63, 3.8) is 0 Å². The largest absolute Gasteiger partial charge is 0.496 e. The number of H-pyrrole nitrogens is 1. The minimum absolute atomic E-state index is 0.208. The lowest BCUT2D eigenvalue weighted by atomic mass is 10.1. The van der Waals surface area contributed by atoms with Crippen molar-refractivity contribution in [2.45, 2.75) is 19.9 Å². The summed E-state index contributed by atoms with van der Waals surface area (Å²) in [6, 6.07) is 5.93. The van der Waals surface area contributed by atoms with Crippen molar-refractivity contribution in [3.8, 4) is 5.75 Å². The Morgan fingerprint density at radius 2 is 2.30 bits per heavy atom. The van der Waals surface area contributed by atoms with E-state index in [2.05, 4.69) is 25.6 Å². The number of fused-ring (bicyclic) bond motifs is 1. The van der Waals surface area contributed by atoms with Gasteiger partial charge in [0.2, 0.25) is 5.95 Å². The first-order valence-electron chi connectivity index (χ1n) is 9.17.